The van der Waals surface area contributed by atoms with Crippen LogP contribution in [-0.2, 0) is 0 Å². The van der Waals surface area contributed by atoms with Crippen molar-refractivity contribution in [3.05, 3.63) is 35.1 Å². The molecule has 0 aliphatic carbocycles. The van der Waals surface area contributed by atoms with E-state index >= 15 is 0 Å². The minimum absolute atomic E-state index is 0. The normalized spacial score (nSPS) is 20.4. The van der Waals surface area contributed by atoms with Crippen LogP contribution in [0.5, 0.6) is 0 Å². The Balaban J connectivity index is 0.00000192. The van der Waals surface area contributed by atoms with Crippen LogP contribution >= 0.6 is 24.0 Å². The molecule has 0 radical (unpaired) electrons. The average Bonchev–Trinajstić information content (AvgIpc) is 3.15. The fourth-order valence-corrected chi connectivity index (χ4v) is 3.07. The number of halogens is 2. The van der Waals surface area contributed by atoms with Gasteiger partial charge in [0.15, 0.2) is 0 Å². The van der Waals surface area contributed by atoms with Crippen molar-refractivity contribution in [3.8, 4) is 5.69 Å². The van der Waals surface area contributed by atoms with E-state index in [4.69, 9.17) is 17.3 Å². The van der Waals surface area contributed by atoms with Crippen LogP contribution in [0, 0.1) is 5.92 Å². The maximum Gasteiger partial charge on any atom is 0.256 e. The second kappa shape index (κ2) is 7.25. The smallest absolute Gasteiger partial charge is 0.256 e. The fourth-order valence-electron chi connectivity index (χ4n) is 2.90. The highest BCUT2D eigenvalue weighted by Crippen LogP contribution is 2.27. The second-order valence-corrected chi connectivity index (χ2v) is 6.00. The minimum atomic E-state index is -0.0727. The molecule has 1 aromatic heterocycles. The molecule has 0 bridgehead atoms. The molecule has 23 heavy (non-hydrogen) atoms. The maximum absolute atomic E-state index is 12.9. The number of tetrazole rings is 1. The molecular weight excluding hydrogens is 339 g/mol. The van der Waals surface area contributed by atoms with Crippen molar-refractivity contribution in [2.45, 2.75) is 19.4 Å². The van der Waals surface area contributed by atoms with E-state index in [-0.39, 0.29) is 24.4 Å². The zero-order valence-corrected chi connectivity index (χ0v) is 14.2. The molecule has 1 aromatic carbocycles. The summed E-state index contributed by atoms with van der Waals surface area (Å²) >= 11 is 6.07. The number of benzene rings is 1. The molecule has 2 aromatic rings. The van der Waals surface area contributed by atoms with Gasteiger partial charge in [0.2, 0.25) is 0 Å². The second-order valence-electron chi connectivity index (χ2n) is 5.56. The van der Waals surface area contributed by atoms with Gasteiger partial charge in [0.05, 0.1) is 11.3 Å². The molecule has 2 atom stereocenters. The van der Waals surface area contributed by atoms with Gasteiger partial charge in [-0.05, 0) is 54.4 Å². The third kappa shape index (κ3) is 3.46. The number of carbonyl (C=O) groups is 1. The van der Waals surface area contributed by atoms with Crippen LogP contribution in [0.1, 0.15) is 23.7 Å². The largest absolute Gasteiger partial charge is 0.336 e. The number of rotatable bonds is 3. The maximum atomic E-state index is 12.9. The van der Waals surface area contributed by atoms with Gasteiger partial charge in [0.1, 0.15) is 6.33 Å². The van der Waals surface area contributed by atoms with Gasteiger partial charge in [-0.2, -0.15) is 4.68 Å². The fraction of sp³-hybridized carbons (Fsp3) is 0.429. The van der Waals surface area contributed by atoms with E-state index < -0.39 is 0 Å². The summed E-state index contributed by atoms with van der Waals surface area (Å²) in [5, 5.41) is 11.6. The van der Waals surface area contributed by atoms with Crippen LogP contribution in [0.4, 0.5) is 0 Å². The van der Waals surface area contributed by atoms with E-state index in [1.54, 1.807) is 18.2 Å². The monoisotopic (exact) mass is 356 g/mol. The number of hydrogen-bond acceptors (Lipinski definition) is 5. The SMILES string of the molecule is CC1CC(CN)CN1C(=O)c1cc(Cl)ccc1-n1cnnn1.Cl. The predicted octanol–water partition coefficient (Wildman–Crippen LogP) is 1.55. The molecule has 1 fully saturated rings. The Morgan fingerprint density at radius 1 is 1.48 bits per heavy atom. The average molecular weight is 357 g/mol. The Morgan fingerprint density at radius 2 is 2.26 bits per heavy atom. The molecule has 0 spiro atoms. The Kier molecular flexibility index (Phi) is 5.56. The number of likely N-dealkylation sites (tertiary alicyclic amines) is 1. The molecule has 9 heteroatoms. The summed E-state index contributed by atoms with van der Waals surface area (Å²) in [7, 11) is 0. The first-order valence-electron chi connectivity index (χ1n) is 7.14. The first-order chi connectivity index (χ1) is 10.6. The first-order valence-corrected chi connectivity index (χ1v) is 7.52. The third-order valence-electron chi connectivity index (χ3n) is 4.04. The van der Waals surface area contributed by atoms with Gasteiger partial charge in [0.25, 0.3) is 5.91 Å². The summed E-state index contributed by atoms with van der Waals surface area (Å²) in [6.45, 7) is 3.29. The summed E-state index contributed by atoms with van der Waals surface area (Å²) in [5.41, 5.74) is 6.84. The molecule has 7 nitrogen and oxygen atoms in total. The van der Waals surface area contributed by atoms with E-state index in [0.717, 1.165) is 6.42 Å². The lowest BCUT2D eigenvalue weighted by Crippen LogP contribution is -2.35. The molecule has 1 aliphatic heterocycles. The van der Waals surface area contributed by atoms with Crippen LogP contribution in [0.25, 0.3) is 5.69 Å². The number of hydrogen-bond donors (Lipinski definition) is 1. The highest BCUT2D eigenvalue weighted by Gasteiger charge is 2.33. The lowest BCUT2D eigenvalue weighted by atomic mass is 10.1. The summed E-state index contributed by atoms with van der Waals surface area (Å²) in [6, 6.07) is 5.27. The summed E-state index contributed by atoms with van der Waals surface area (Å²) in [5.74, 6) is 0.270. The summed E-state index contributed by atoms with van der Waals surface area (Å²) in [4.78, 5) is 14.8. The Morgan fingerprint density at radius 3 is 2.87 bits per heavy atom. The lowest BCUT2D eigenvalue weighted by Gasteiger charge is -2.23. The van der Waals surface area contributed by atoms with Crippen LogP contribution in [-0.4, -0.2) is 50.1 Å². The van der Waals surface area contributed by atoms with Crippen molar-refractivity contribution in [1.29, 1.82) is 0 Å². The number of amides is 1. The number of aromatic nitrogens is 4. The van der Waals surface area contributed by atoms with Gasteiger partial charge in [-0.25, -0.2) is 0 Å². The molecule has 124 valence electrons. The zero-order valence-electron chi connectivity index (χ0n) is 12.6. The van der Waals surface area contributed by atoms with Crippen LogP contribution in [0.15, 0.2) is 24.5 Å². The first kappa shape index (κ1) is 17.7. The molecule has 1 amide bonds. The van der Waals surface area contributed by atoms with Crippen molar-refractivity contribution in [2.24, 2.45) is 11.7 Å². The number of nitrogens with zero attached hydrogens (tertiary/aromatic N) is 5. The van der Waals surface area contributed by atoms with Gasteiger partial charge < -0.3 is 10.6 Å². The van der Waals surface area contributed by atoms with E-state index in [0.29, 0.717) is 35.3 Å². The molecule has 3 rings (SSSR count). The van der Waals surface area contributed by atoms with Gasteiger partial charge in [-0.1, -0.05) is 11.6 Å². The van der Waals surface area contributed by atoms with Crippen molar-refractivity contribution in [1.82, 2.24) is 25.1 Å². The van der Waals surface area contributed by atoms with Crippen LogP contribution in [0.3, 0.4) is 0 Å². The standard InChI is InChI=1S/C14H17ClN6O.ClH/c1-9-4-10(6-16)7-20(9)14(22)12-5-11(15)2-3-13(12)21-8-17-18-19-21;/h2-3,5,8-10H,4,6-7,16H2,1H3;1H. The quantitative estimate of drug-likeness (QED) is 0.900. The number of carbonyl (C=O) groups excluding carboxylic acids is 1. The van der Waals surface area contributed by atoms with E-state index in [1.165, 1.54) is 11.0 Å². The van der Waals surface area contributed by atoms with Crippen molar-refractivity contribution in [3.63, 3.8) is 0 Å². The Bertz CT molecular complexity index is 678. The van der Waals surface area contributed by atoms with Crippen molar-refractivity contribution < 1.29 is 4.79 Å². The molecule has 1 saturated heterocycles. The van der Waals surface area contributed by atoms with Crippen molar-refractivity contribution in [2.75, 3.05) is 13.1 Å². The minimum Gasteiger partial charge on any atom is -0.336 e. The highest BCUT2D eigenvalue weighted by molar-refractivity contribution is 6.31. The zero-order chi connectivity index (χ0) is 15.7. The molecule has 0 saturated carbocycles. The Hall–Kier alpha value is -1.70. The van der Waals surface area contributed by atoms with Crippen LogP contribution < -0.4 is 5.73 Å². The molecule has 2 unspecified atom stereocenters. The number of nitrogens with two attached hydrogens (primary N) is 1. The topological polar surface area (TPSA) is 89.9 Å². The lowest BCUT2D eigenvalue weighted by molar-refractivity contribution is 0.0743. The van der Waals surface area contributed by atoms with Gasteiger partial charge in [0, 0.05) is 17.6 Å². The highest BCUT2D eigenvalue weighted by atomic mass is 35.5. The molecule has 1 aliphatic rings. The summed E-state index contributed by atoms with van der Waals surface area (Å²) in [6.07, 6.45) is 2.37. The van der Waals surface area contributed by atoms with E-state index in [1.807, 2.05) is 11.8 Å². The van der Waals surface area contributed by atoms with Gasteiger partial charge in [-0.15, -0.1) is 17.5 Å². The predicted molar refractivity (Wildman–Crippen MR) is 89.1 cm³/mol. The van der Waals surface area contributed by atoms with Crippen molar-refractivity contribution >= 4 is 29.9 Å². The van der Waals surface area contributed by atoms with E-state index in [9.17, 15) is 4.79 Å². The Labute approximate surface area is 145 Å². The van der Waals surface area contributed by atoms with Gasteiger partial charge in [-0.3, -0.25) is 4.79 Å². The third-order valence-corrected chi connectivity index (χ3v) is 4.28. The molecule has 2 N–H and O–H groups in total. The van der Waals surface area contributed by atoms with Crippen LogP contribution in [0.2, 0.25) is 5.02 Å². The molecule has 2 heterocycles. The summed E-state index contributed by atoms with van der Waals surface area (Å²) < 4.78 is 1.46. The molecular formula is C14H18Cl2N6O. The van der Waals surface area contributed by atoms with Gasteiger partial charge >= 0.3 is 0 Å². The van der Waals surface area contributed by atoms with E-state index in [2.05, 4.69) is 15.5 Å².